The number of carboxylic acids is 1. The Balaban J connectivity index is 1.44. The number of carboxylic acid groups (broad SMARTS) is 1. The molecule has 0 bridgehead atoms. The van der Waals surface area contributed by atoms with Gasteiger partial charge in [0.1, 0.15) is 0 Å². The van der Waals surface area contributed by atoms with Gasteiger partial charge in [-0.2, -0.15) is 0 Å². The van der Waals surface area contributed by atoms with Gasteiger partial charge in [-0.15, -0.1) is 0 Å². The fourth-order valence-corrected chi connectivity index (χ4v) is 4.85. The summed E-state index contributed by atoms with van der Waals surface area (Å²) in [5.41, 5.74) is 2.33. The Labute approximate surface area is 198 Å². The van der Waals surface area contributed by atoms with Crippen molar-refractivity contribution < 1.29 is 18.9 Å². The van der Waals surface area contributed by atoms with Gasteiger partial charge in [0.2, 0.25) is 0 Å². The quantitative estimate of drug-likeness (QED) is 0.392. The van der Waals surface area contributed by atoms with Gasteiger partial charge in [0.15, 0.2) is 5.96 Å². The molecule has 0 spiro atoms. The van der Waals surface area contributed by atoms with Gasteiger partial charge in [-0.25, -0.2) is 0 Å². The highest BCUT2D eigenvalue weighted by atomic mass is 32.2. The number of anilines is 2. The van der Waals surface area contributed by atoms with Crippen molar-refractivity contribution in [1.29, 1.82) is 0 Å². The van der Waals surface area contributed by atoms with E-state index in [1.165, 1.54) is 6.20 Å². The summed E-state index contributed by atoms with van der Waals surface area (Å²) in [5.74, 6) is -0.662. The zero-order chi connectivity index (χ0) is 23.9. The number of pyridine rings is 1. The van der Waals surface area contributed by atoms with Crippen LogP contribution in [-0.2, 0) is 15.6 Å². The van der Waals surface area contributed by atoms with Crippen molar-refractivity contribution in [2.45, 2.75) is 16.6 Å². The number of rotatable bonds is 8. The van der Waals surface area contributed by atoms with E-state index in [2.05, 4.69) is 25.9 Å². The summed E-state index contributed by atoms with van der Waals surface area (Å²) in [6.45, 7) is 1.49. The molecule has 3 aromatic rings. The lowest BCUT2D eigenvalue weighted by Gasteiger charge is -2.15. The maximum Gasteiger partial charge on any atom is 0.304 e. The van der Waals surface area contributed by atoms with Gasteiger partial charge in [0.05, 0.1) is 29.0 Å². The molecule has 0 saturated carbocycles. The number of carbonyl (C=O) groups is 2. The molecule has 174 valence electrons. The minimum absolute atomic E-state index is 0.289. The molecule has 0 radical (unpaired) electrons. The minimum Gasteiger partial charge on any atom is -0.481 e. The lowest BCUT2D eigenvalue weighted by atomic mass is 10.1. The van der Waals surface area contributed by atoms with Gasteiger partial charge in [0.25, 0.3) is 5.91 Å². The first-order valence-corrected chi connectivity index (χ1v) is 11.8. The predicted molar refractivity (Wildman–Crippen MR) is 130 cm³/mol. The van der Waals surface area contributed by atoms with Crippen LogP contribution in [-0.4, -0.2) is 45.2 Å². The van der Waals surface area contributed by atoms with Crippen LogP contribution in [0.4, 0.5) is 11.4 Å². The molecule has 1 aliphatic rings. The Morgan fingerprint density at radius 2 is 1.91 bits per heavy atom. The van der Waals surface area contributed by atoms with E-state index in [-0.39, 0.29) is 12.3 Å². The van der Waals surface area contributed by atoms with Crippen molar-refractivity contribution in [1.82, 2.24) is 10.3 Å². The smallest absolute Gasteiger partial charge is 0.304 e. The lowest BCUT2D eigenvalue weighted by Crippen LogP contribution is -2.26. The molecule has 0 fully saturated rings. The van der Waals surface area contributed by atoms with E-state index in [4.69, 9.17) is 0 Å². The number of benzene rings is 2. The van der Waals surface area contributed by atoms with Crippen LogP contribution in [0.5, 0.6) is 0 Å². The first kappa shape index (κ1) is 23.1. The highest BCUT2D eigenvalue weighted by molar-refractivity contribution is 7.85. The average Bonchev–Trinajstić information content (AvgIpc) is 3.36. The number of amides is 1. The van der Waals surface area contributed by atoms with E-state index in [0.29, 0.717) is 34.2 Å². The number of nitrogens with zero attached hydrogens (tertiary/aromatic N) is 2. The first-order chi connectivity index (χ1) is 16.5. The minimum atomic E-state index is -1.61. The Morgan fingerprint density at radius 1 is 1.09 bits per heavy atom. The molecule has 1 amide bonds. The van der Waals surface area contributed by atoms with Gasteiger partial charge in [0, 0.05) is 40.8 Å². The summed E-state index contributed by atoms with van der Waals surface area (Å²) in [6.07, 6.45) is 2.81. The van der Waals surface area contributed by atoms with Crippen molar-refractivity contribution in [3.05, 3.63) is 84.2 Å². The van der Waals surface area contributed by atoms with Gasteiger partial charge in [-0.3, -0.25) is 23.8 Å². The molecular formula is C24H23N5O4S. The number of guanidine groups is 1. The van der Waals surface area contributed by atoms with E-state index in [1.807, 2.05) is 6.07 Å². The van der Waals surface area contributed by atoms with Gasteiger partial charge in [-0.05, 0) is 54.1 Å². The number of hydrogen-bond donors (Lipinski definition) is 4. The third kappa shape index (κ3) is 5.84. The molecule has 1 aliphatic heterocycles. The lowest BCUT2D eigenvalue weighted by molar-refractivity contribution is -0.137. The van der Waals surface area contributed by atoms with Crippen LogP contribution in [0.15, 0.2) is 82.9 Å². The molecule has 2 heterocycles. The van der Waals surface area contributed by atoms with Crippen molar-refractivity contribution in [3.8, 4) is 0 Å². The third-order valence-corrected chi connectivity index (χ3v) is 6.77. The molecule has 0 aliphatic carbocycles. The van der Waals surface area contributed by atoms with Gasteiger partial charge in [-0.1, -0.05) is 12.1 Å². The highest BCUT2D eigenvalue weighted by Crippen LogP contribution is 2.29. The molecule has 2 unspecified atom stereocenters. The van der Waals surface area contributed by atoms with Crippen LogP contribution in [0.25, 0.3) is 0 Å². The summed E-state index contributed by atoms with van der Waals surface area (Å²) < 4.78 is 13.1. The van der Waals surface area contributed by atoms with Crippen LogP contribution in [0.2, 0.25) is 0 Å². The summed E-state index contributed by atoms with van der Waals surface area (Å²) in [5, 5.41) is 17.6. The topological polar surface area (TPSA) is 133 Å². The van der Waals surface area contributed by atoms with Crippen LogP contribution in [0.3, 0.4) is 0 Å². The van der Waals surface area contributed by atoms with Crippen LogP contribution in [0.1, 0.15) is 27.6 Å². The number of carbonyl (C=O) groups excluding carboxylic acids is 1. The largest absolute Gasteiger partial charge is 0.481 e. The van der Waals surface area contributed by atoms with Gasteiger partial charge < -0.3 is 21.1 Å². The molecular weight excluding hydrogens is 454 g/mol. The standard InChI is InChI=1S/C24H23N5O4S/c30-22(31)14-21(17-4-2-10-25-15-17)34(33)20-8-6-18(7-9-20)28-23(32)16-3-1-5-19(13-16)29-24-26-11-12-27-24/h1-10,13,15,21H,11-12,14H2,(H,28,32)(H,30,31)(H2,26,27,29). The summed E-state index contributed by atoms with van der Waals surface area (Å²) >= 11 is 0. The van der Waals surface area contributed by atoms with Crippen molar-refractivity contribution in [2.24, 2.45) is 4.99 Å². The SMILES string of the molecule is O=C(O)CC(c1cccnc1)S(=O)c1ccc(NC(=O)c2cccc(NC3=NCCN3)c2)cc1. The zero-order valence-electron chi connectivity index (χ0n) is 18.1. The predicted octanol–water partition coefficient (Wildman–Crippen LogP) is 3.03. The van der Waals surface area contributed by atoms with Crippen LogP contribution < -0.4 is 16.0 Å². The molecule has 2 aromatic carbocycles. The maximum atomic E-state index is 13.1. The summed E-state index contributed by atoms with van der Waals surface area (Å²) in [6, 6.07) is 17.0. The second kappa shape index (κ2) is 10.7. The average molecular weight is 478 g/mol. The Bertz CT molecular complexity index is 1230. The number of nitrogens with one attached hydrogen (secondary N) is 3. The number of aliphatic carboxylic acids is 1. The highest BCUT2D eigenvalue weighted by Gasteiger charge is 2.24. The molecule has 4 N–H and O–H groups in total. The molecule has 4 rings (SSSR count). The second-order valence-electron chi connectivity index (χ2n) is 7.51. The third-order valence-electron chi connectivity index (χ3n) is 5.08. The summed E-state index contributed by atoms with van der Waals surface area (Å²) in [7, 11) is -1.61. The Hall–Kier alpha value is -4.05. The molecule has 2 atom stereocenters. The molecule has 9 nitrogen and oxygen atoms in total. The Kier molecular flexibility index (Phi) is 7.28. The van der Waals surface area contributed by atoms with E-state index in [1.54, 1.807) is 60.8 Å². The normalized spacial score (nSPS) is 14.4. The summed E-state index contributed by atoms with van der Waals surface area (Å²) in [4.78, 5) is 32.8. The number of hydrogen-bond acceptors (Lipinski definition) is 7. The number of aromatic nitrogens is 1. The fraction of sp³-hybridized carbons (Fsp3) is 0.167. The molecule has 34 heavy (non-hydrogen) atoms. The van der Waals surface area contributed by atoms with E-state index >= 15 is 0 Å². The van der Waals surface area contributed by atoms with Crippen LogP contribution in [0, 0.1) is 0 Å². The van der Waals surface area contributed by atoms with Crippen molar-refractivity contribution in [2.75, 3.05) is 23.7 Å². The maximum absolute atomic E-state index is 13.1. The van der Waals surface area contributed by atoms with E-state index in [0.717, 1.165) is 12.2 Å². The fourth-order valence-electron chi connectivity index (χ4n) is 3.44. The van der Waals surface area contributed by atoms with Crippen molar-refractivity contribution >= 4 is 40.0 Å². The second-order valence-corrected chi connectivity index (χ2v) is 9.15. The molecule has 10 heteroatoms. The van der Waals surface area contributed by atoms with E-state index in [9.17, 15) is 18.9 Å². The van der Waals surface area contributed by atoms with Crippen molar-refractivity contribution in [3.63, 3.8) is 0 Å². The number of aliphatic imine (C=N–C) groups is 1. The first-order valence-electron chi connectivity index (χ1n) is 10.6. The van der Waals surface area contributed by atoms with E-state index < -0.39 is 22.0 Å². The monoisotopic (exact) mass is 477 g/mol. The molecule has 1 aromatic heterocycles. The van der Waals surface area contributed by atoms with Crippen LogP contribution >= 0.6 is 0 Å². The zero-order valence-corrected chi connectivity index (χ0v) is 18.9. The molecule has 0 saturated heterocycles. The van der Waals surface area contributed by atoms with Gasteiger partial charge >= 0.3 is 5.97 Å². The Morgan fingerprint density at radius 3 is 2.59 bits per heavy atom.